The zero-order valence-corrected chi connectivity index (χ0v) is 14.8. The van der Waals surface area contributed by atoms with E-state index in [1.165, 1.54) is 4.90 Å². The van der Waals surface area contributed by atoms with Crippen LogP contribution in [0.3, 0.4) is 0 Å². The Labute approximate surface area is 152 Å². The summed E-state index contributed by atoms with van der Waals surface area (Å²) in [6.45, 7) is 0.0851. The van der Waals surface area contributed by atoms with Crippen molar-refractivity contribution < 1.29 is 14.7 Å². The summed E-state index contributed by atoms with van der Waals surface area (Å²) >= 11 is 0. The molecule has 136 valence electrons. The lowest BCUT2D eigenvalue weighted by Gasteiger charge is -2.21. The maximum absolute atomic E-state index is 12.4. The van der Waals surface area contributed by atoms with Crippen LogP contribution < -0.4 is 10.2 Å². The van der Waals surface area contributed by atoms with Gasteiger partial charge in [0, 0.05) is 26.2 Å². The average molecular weight is 354 g/mol. The number of carbonyl (C=O) groups excluding carboxylic acids is 2. The molecule has 0 fully saturated rings. The van der Waals surface area contributed by atoms with Crippen molar-refractivity contribution in [3.05, 3.63) is 59.3 Å². The number of fused-ring (bicyclic) bond motifs is 1. The van der Waals surface area contributed by atoms with E-state index in [0.717, 1.165) is 11.4 Å². The Morgan fingerprint density at radius 2 is 2.04 bits per heavy atom. The second kappa shape index (κ2) is 7.53. The maximum Gasteiger partial charge on any atom is 0.254 e. The van der Waals surface area contributed by atoms with Crippen LogP contribution in [0.15, 0.2) is 42.5 Å². The number of aliphatic hydroxyl groups is 1. The van der Waals surface area contributed by atoms with Crippen LogP contribution in [0.2, 0.25) is 0 Å². The molecular formula is C19H22N4O3. The van der Waals surface area contributed by atoms with Gasteiger partial charge in [0.15, 0.2) is 0 Å². The summed E-state index contributed by atoms with van der Waals surface area (Å²) in [4.78, 5) is 32.6. The fourth-order valence-corrected chi connectivity index (χ4v) is 2.95. The molecule has 3 rings (SSSR count). The van der Waals surface area contributed by atoms with Gasteiger partial charge in [-0.05, 0) is 23.8 Å². The van der Waals surface area contributed by atoms with Crippen molar-refractivity contribution in [1.29, 1.82) is 0 Å². The Morgan fingerprint density at radius 1 is 1.27 bits per heavy atom. The van der Waals surface area contributed by atoms with Gasteiger partial charge in [-0.3, -0.25) is 9.59 Å². The number of rotatable bonds is 6. The molecule has 0 saturated heterocycles. The second-order valence-corrected chi connectivity index (χ2v) is 6.44. The van der Waals surface area contributed by atoms with Crippen LogP contribution in [0, 0.1) is 0 Å². The molecule has 1 aromatic carbocycles. The summed E-state index contributed by atoms with van der Waals surface area (Å²) in [6.07, 6.45) is 0. The third kappa shape index (κ3) is 3.67. The Kier molecular flexibility index (Phi) is 5.18. The van der Waals surface area contributed by atoms with Gasteiger partial charge in [0.25, 0.3) is 5.91 Å². The van der Waals surface area contributed by atoms with Crippen molar-refractivity contribution in [3.8, 4) is 0 Å². The molecule has 2 heterocycles. The van der Waals surface area contributed by atoms with E-state index in [-0.39, 0.29) is 25.0 Å². The van der Waals surface area contributed by atoms with Gasteiger partial charge in [0.1, 0.15) is 12.4 Å². The number of carbonyl (C=O) groups is 2. The minimum absolute atomic E-state index is 0.0582. The molecular weight excluding hydrogens is 332 g/mol. The van der Waals surface area contributed by atoms with Crippen LogP contribution in [-0.4, -0.2) is 54.1 Å². The largest absolute Gasteiger partial charge is 0.394 e. The summed E-state index contributed by atoms with van der Waals surface area (Å²) in [5, 5.41) is 12.4. The average Bonchev–Trinajstić information content (AvgIpc) is 2.95. The molecule has 1 atom stereocenters. The maximum atomic E-state index is 12.4. The Bertz CT molecular complexity index is 822. The quantitative estimate of drug-likeness (QED) is 0.807. The standard InChI is InChI=1S/C19H22N4O3/c1-22(2)17-9-5-8-15(20-17)16(12-24)21-18(25)11-23-10-13-6-3-4-7-14(13)19(23)26/h3-9,16,24H,10-12H2,1-2H3,(H,21,25)/t16-/m1/s1. The molecule has 0 radical (unpaired) electrons. The highest BCUT2D eigenvalue weighted by molar-refractivity contribution is 6.00. The predicted octanol–water partition coefficient (Wildman–Crippen LogP) is 0.953. The minimum Gasteiger partial charge on any atom is -0.394 e. The lowest BCUT2D eigenvalue weighted by molar-refractivity contribution is -0.122. The molecule has 2 amide bonds. The summed E-state index contributed by atoms with van der Waals surface area (Å²) in [5.74, 6) is 0.256. The zero-order chi connectivity index (χ0) is 18.7. The normalized spacial score (nSPS) is 14.1. The van der Waals surface area contributed by atoms with Crippen molar-refractivity contribution in [2.24, 2.45) is 0 Å². The molecule has 2 aromatic rings. The number of hydrogen-bond acceptors (Lipinski definition) is 5. The van der Waals surface area contributed by atoms with Crippen molar-refractivity contribution in [3.63, 3.8) is 0 Å². The number of aliphatic hydroxyl groups excluding tert-OH is 1. The van der Waals surface area contributed by atoms with Gasteiger partial charge in [0.05, 0.1) is 18.3 Å². The molecule has 0 saturated carbocycles. The van der Waals surface area contributed by atoms with Crippen molar-refractivity contribution >= 4 is 17.6 Å². The van der Waals surface area contributed by atoms with Crippen molar-refractivity contribution in [2.45, 2.75) is 12.6 Å². The highest BCUT2D eigenvalue weighted by Gasteiger charge is 2.28. The van der Waals surface area contributed by atoms with E-state index < -0.39 is 6.04 Å². The van der Waals surface area contributed by atoms with Gasteiger partial charge >= 0.3 is 0 Å². The van der Waals surface area contributed by atoms with Gasteiger partial charge < -0.3 is 20.2 Å². The molecule has 0 bridgehead atoms. The van der Waals surface area contributed by atoms with Gasteiger partial charge in [-0.25, -0.2) is 4.98 Å². The summed E-state index contributed by atoms with van der Waals surface area (Å²) in [6, 6.07) is 12.1. The van der Waals surface area contributed by atoms with Gasteiger partial charge in [-0.15, -0.1) is 0 Å². The third-order valence-electron chi connectivity index (χ3n) is 4.32. The monoisotopic (exact) mass is 354 g/mol. The third-order valence-corrected chi connectivity index (χ3v) is 4.32. The van der Waals surface area contributed by atoms with Crippen LogP contribution in [0.4, 0.5) is 5.82 Å². The number of aromatic nitrogens is 1. The molecule has 7 heteroatoms. The van der Waals surface area contributed by atoms with E-state index in [2.05, 4.69) is 10.3 Å². The topological polar surface area (TPSA) is 85.8 Å². The highest BCUT2D eigenvalue weighted by atomic mass is 16.3. The molecule has 0 unspecified atom stereocenters. The molecule has 7 nitrogen and oxygen atoms in total. The Morgan fingerprint density at radius 3 is 2.73 bits per heavy atom. The highest BCUT2D eigenvalue weighted by Crippen LogP contribution is 2.22. The lowest BCUT2D eigenvalue weighted by Crippen LogP contribution is -2.40. The van der Waals surface area contributed by atoms with Crippen LogP contribution >= 0.6 is 0 Å². The van der Waals surface area contributed by atoms with E-state index in [1.807, 2.05) is 49.3 Å². The number of anilines is 1. The number of nitrogens with zero attached hydrogens (tertiary/aromatic N) is 3. The van der Waals surface area contributed by atoms with E-state index in [4.69, 9.17) is 0 Å². The number of hydrogen-bond donors (Lipinski definition) is 2. The second-order valence-electron chi connectivity index (χ2n) is 6.44. The Balaban J connectivity index is 1.66. The molecule has 1 aromatic heterocycles. The SMILES string of the molecule is CN(C)c1cccc([C@@H](CO)NC(=O)CN2Cc3ccccc3C2=O)n1. The molecule has 0 spiro atoms. The number of pyridine rings is 1. The van der Waals surface area contributed by atoms with Crippen LogP contribution in [0.25, 0.3) is 0 Å². The van der Waals surface area contributed by atoms with Crippen molar-refractivity contribution in [2.75, 3.05) is 32.1 Å². The molecule has 26 heavy (non-hydrogen) atoms. The number of nitrogens with one attached hydrogen (secondary N) is 1. The summed E-state index contributed by atoms with van der Waals surface area (Å²) in [5.41, 5.74) is 2.13. The smallest absolute Gasteiger partial charge is 0.254 e. The first-order chi connectivity index (χ1) is 12.5. The van der Waals surface area contributed by atoms with E-state index in [1.54, 1.807) is 12.1 Å². The fraction of sp³-hybridized carbons (Fsp3) is 0.316. The van der Waals surface area contributed by atoms with Gasteiger partial charge in [0.2, 0.25) is 5.91 Å². The van der Waals surface area contributed by atoms with Gasteiger partial charge in [-0.2, -0.15) is 0 Å². The van der Waals surface area contributed by atoms with Crippen LogP contribution in [0.5, 0.6) is 0 Å². The van der Waals surface area contributed by atoms with Crippen molar-refractivity contribution in [1.82, 2.24) is 15.2 Å². The first-order valence-corrected chi connectivity index (χ1v) is 8.41. The number of amides is 2. The van der Waals surface area contributed by atoms with Crippen LogP contribution in [0.1, 0.15) is 27.7 Å². The first kappa shape index (κ1) is 17.9. The molecule has 1 aliphatic heterocycles. The predicted molar refractivity (Wildman–Crippen MR) is 97.7 cm³/mol. The van der Waals surface area contributed by atoms with E-state index in [0.29, 0.717) is 17.8 Å². The lowest BCUT2D eigenvalue weighted by atomic mass is 10.1. The minimum atomic E-state index is -0.623. The summed E-state index contributed by atoms with van der Waals surface area (Å²) in [7, 11) is 3.74. The van der Waals surface area contributed by atoms with Gasteiger partial charge in [-0.1, -0.05) is 24.3 Å². The molecule has 1 aliphatic rings. The summed E-state index contributed by atoms with van der Waals surface area (Å²) < 4.78 is 0. The number of benzene rings is 1. The van der Waals surface area contributed by atoms with Crippen LogP contribution in [-0.2, 0) is 11.3 Å². The Hall–Kier alpha value is -2.93. The first-order valence-electron chi connectivity index (χ1n) is 8.41. The van der Waals surface area contributed by atoms with E-state index in [9.17, 15) is 14.7 Å². The molecule has 2 N–H and O–H groups in total. The molecule has 0 aliphatic carbocycles. The zero-order valence-electron chi connectivity index (χ0n) is 14.8. The fourth-order valence-electron chi connectivity index (χ4n) is 2.95. The van der Waals surface area contributed by atoms with E-state index >= 15 is 0 Å².